The number of nitrogens with one attached hydrogen (secondary N) is 1. The maximum Gasteiger partial charge on any atom is 0.305 e. The molecule has 0 saturated heterocycles. The Labute approximate surface area is 419 Å². The van der Waals surface area contributed by atoms with Gasteiger partial charge in [-0.15, -0.1) is 0 Å². The predicted octanol–water partition coefficient (Wildman–Crippen LogP) is 18.9. The number of carbonyl (C=O) groups is 2. The minimum Gasteiger partial charge on any atom is -0.466 e. The van der Waals surface area contributed by atoms with E-state index in [1.807, 2.05) is 6.08 Å². The molecule has 0 aromatic heterocycles. The summed E-state index contributed by atoms with van der Waals surface area (Å²) in [4.78, 5) is 24.6. The van der Waals surface area contributed by atoms with Gasteiger partial charge in [-0.1, -0.05) is 309 Å². The van der Waals surface area contributed by atoms with Crippen LogP contribution in [0.1, 0.15) is 341 Å². The smallest absolute Gasteiger partial charge is 0.305 e. The normalized spacial score (nSPS) is 12.6. The van der Waals surface area contributed by atoms with Crippen LogP contribution in [0.25, 0.3) is 0 Å². The van der Waals surface area contributed by atoms with Crippen LogP contribution in [0, 0.1) is 0 Å². The molecule has 0 aliphatic heterocycles. The van der Waals surface area contributed by atoms with Gasteiger partial charge in [-0.05, 0) is 32.1 Å². The molecule has 0 heterocycles. The van der Waals surface area contributed by atoms with Gasteiger partial charge in [0.1, 0.15) is 0 Å². The number of esters is 1. The molecule has 6 nitrogen and oxygen atoms in total. The van der Waals surface area contributed by atoms with Crippen LogP contribution in [0.5, 0.6) is 0 Å². The van der Waals surface area contributed by atoms with E-state index in [1.165, 1.54) is 257 Å². The Morgan fingerprint density at radius 1 is 0.403 bits per heavy atom. The summed E-state index contributed by atoms with van der Waals surface area (Å²) in [5.74, 6) is -0.0850. The van der Waals surface area contributed by atoms with Crippen molar-refractivity contribution in [3.8, 4) is 0 Å². The molecule has 2 unspecified atom stereocenters. The van der Waals surface area contributed by atoms with Crippen molar-refractivity contribution in [2.24, 2.45) is 0 Å². The van der Waals surface area contributed by atoms with E-state index in [2.05, 4.69) is 19.2 Å². The SMILES string of the molecule is CCCCCCCCCCCCCCCCCCCC/C=C/C(O)C(CO)NC(=O)CCCCCCCCCCCCCCOC(=O)CCCCCCCCCCCCCCCCCCCC. The van der Waals surface area contributed by atoms with Crippen molar-refractivity contribution < 1.29 is 24.5 Å². The van der Waals surface area contributed by atoms with Crippen LogP contribution in [-0.4, -0.2) is 47.4 Å². The van der Waals surface area contributed by atoms with E-state index in [1.54, 1.807) is 6.08 Å². The maximum absolute atomic E-state index is 12.5. The molecule has 0 aromatic rings. The van der Waals surface area contributed by atoms with Crippen molar-refractivity contribution in [2.45, 2.75) is 353 Å². The van der Waals surface area contributed by atoms with Gasteiger partial charge in [0, 0.05) is 12.8 Å². The summed E-state index contributed by atoms with van der Waals surface area (Å²) in [6.45, 7) is 4.90. The molecule has 6 heteroatoms. The van der Waals surface area contributed by atoms with Crippen molar-refractivity contribution in [2.75, 3.05) is 13.2 Å². The highest BCUT2D eigenvalue weighted by atomic mass is 16.5. The van der Waals surface area contributed by atoms with E-state index in [4.69, 9.17) is 4.74 Å². The number of rotatable bonds is 57. The van der Waals surface area contributed by atoms with E-state index >= 15 is 0 Å². The molecule has 0 aliphatic carbocycles. The molecule has 0 rings (SSSR count). The first-order chi connectivity index (χ1) is 33.0. The quantitative estimate of drug-likeness (QED) is 0.0321. The first kappa shape index (κ1) is 65.6. The summed E-state index contributed by atoms with van der Waals surface area (Å²) in [5.41, 5.74) is 0. The van der Waals surface area contributed by atoms with E-state index < -0.39 is 12.1 Å². The van der Waals surface area contributed by atoms with Gasteiger partial charge in [0.15, 0.2) is 0 Å². The highest BCUT2D eigenvalue weighted by Gasteiger charge is 2.18. The Morgan fingerprint density at radius 3 is 1.01 bits per heavy atom. The van der Waals surface area contributed by atoms with E-state index in [0.717, 1.165) is 57.8 Å². The molecule has 1 amide bonds. The minimum absolute atomic E-state index is 0.00543. The molecule has 0 saturated carbocycles. The summed E-state index contributed by atoms with van der Waals surface area (Å²) in [6, 6.07) is -0.639. The van der Waals surface area contributed by atoms with Crippen LogP contribution in [-0.2, 0) is 14.3 Å². The largest absolute Gasteiger partial charge is 0.466 e. The summed E-state index contributed by atoms with van der Waals surface area (Å²) < 4.78 is 5.49. The van der Waals surface area contributed by atoms with E-state index in [9.17, 15) is 19.8 Å². The van der Waals surface area contributed by atoms with E-state index in [0.29, 0.717) is 19.4 Å². The van der Waals surface area contributed by atoms with Gasteiger partial charge in [0.05, 0.1) is 25.4 Å². The van der Waals surface area contributed by atoms with Gasteiger partial charge in [0.2, 0.25) is 5.91 Å². The molecule has 0 aliphatic rings. The summed E-state index contributed by atoms with van der Waals surface area (Å²) in [7, 11) is 0. The van der Waals surface area contributed by atoms with Crippen LogP contribution in [0.15, 0.2) is 12.2 Å². The third-order valence-corrected chi connectivity index (χ3v) is 14.3. The number of ether oxygens (including phenoxy) is 1. The van der Waals surface area contributed by atoms with Crippen LogP contribution >= 0.6 is 0 Å². The first-order valence-electron chi connectivity index (χ1n) is 30.5. The number of aliphatic hydroxyl groups excluding tert-OH is 2. The van der Waals surface area contributed by atoms with Crippen LogP contribution < -0.4 is 5.32 Å². The number of carbonyl (C=O) groups excluding carboxylic acids is 2. The second-order valence-corrected chi connectivity index (χ2v) is 21.0. The van der Waals surface area contributed by atoms with Crippen molar-refractivity contribution in [3.63, 3.8) is 0 Å². The highest BCUT2D eigenvalue weighted by Crippen LogP contribution is 2.18. The summed E-state index contributed by atoms with van der Waals surface area (Å²) in [5, 5.41) is 23.2. The fourth-order valence-electron chi connectivity index (χ4n) is 9.64. The fraction of sp³-hybridized carbons (Fsp3) is 0.934. The third-order valence-electron chi connectivity index (χ3n) is 14.3. The molecule has 0 fully saturated rings. The number of unbranched alkanes of at least 4 members (excludes halogenated alkanes) is 46. The average molecular weight is 947 g/mol. The molecule has 0 bridgehead atoms. The second-order valence-electron chi connectivity index (χ2n) is 21.0. The van der Waals surface area contributed by atoms with Crippen LogP contribution in [0.2, 0.25) is 0 Å². The third kappa shape index (κ3) is 53.8. The molecule has 398 valence electrons. The number of aliphatic hydroxyl groups is 2. The maximum atomic E-state index is 12.5. The molecule has 3 N–H and O–H groups in total. The number of hydrogen-bond donors (Lipinski definition) is 3. The lowest BCUT2D eigenvalue weighted by Gasteiger charge is -2.20. The first-order valence-corrected chi connectivity index (χ1v) is 30.5. The lowest BCUT2D eigenvalue weighted by atomic mass is 10.0. The lowest BCUT2D eigenvalue weighted by molar-refractivity contribution is -0.143. The van der Waals surface area contributed by atoms with Crippen LogP contribution in [0.4, 0.5) is 0 Å². The number of amides is 1. The Bertz CT molecular complexity index is 1000. The van der Waals surface area contributed by atoms with Crippen LogP contribution in [0.3, 0.4) is 0 Å². The second kappa shape index (κ2) is 57.2. The molecular formula is C61H119NO5. The van der Waals surface area contributed by atoms with Crippen molar-refractivity contribution in [1.82, 2.24) is 5.32 Å². The molecular weight excluding hydrogens is 827 g/mol. The predicted molar refractivity (Wildman–Crippen MR) is 292 cm³/mol. The zero-order valence-electron chi connectivity index (χ0n) is 45.4. The summed E-state index contributed by atoms with van der Waals surface area (Å²) in [6.07, 6.45) is 68.1. The Balaban J connectivity index is 3.46. The minimum atomic E-state index is -0.854. The zero-order chi connectivity index (χ0) is 48.6. The lowest BCUT2D eigenvalue weighted by Crippen LogP contribution is -2.45. The van der Waals surface area contributed by atoms with E-state index in [-0.39, 0.29) is 18.5 Å². The van der Waals surface area contributed by atoms with Gasteiger partial charge in [-0.3, -0.25) is 9.59 Å². The van der Waals surface area contributed by atoms with Gasteiger partial charge in [0.25, 0.3) is 0 Å². The van der Waals surface area contributed by atoms with Gasteiger partial charge in [-0.25, -0.2) is 0 Å². The van der Waals surface area contributed by atoms with Gasteiger partial charge >= 0.3 is 5.97 Å². The van der Waals surface area contributed by atoms with Crippen molar-refractivity contribution in [3.05, 3.63) is 12.2 Å². The monoisotopic (exact) mass is 946 g/mol. The molecule has 0 aromatic carbocycles. The highest BCUT2D eigenvalue weighted by molar-refractivity contribution is 5.76. The molecule has 67 heavy (non-hydrogen) atoms. The molecule has 0 spiro atoms. The fourth-order valence-corrected chi connectivity index (χ4v) is 9.64. The van der Waals surface area contributed by atoms with Gasteiger partial charge in [-0.2, -0.15) is 0 Å². The average Bonchev–Trinajstić information content (AvgIpc) is 3.33. The molecule has 2 atom stereocenters. The number of allylic oxidation sites excluding steroid dienone is 1. The van der Waals surface area contributed by atoms with Gasteiger partial charge < -0.3 is 20.3 Å². The Hall–Kier alpha value is -1.40. The summed E-state index contributed by atoms with van der Waals surface area (Å²) >= 11 is 0. The number of hydrogen-bond acceptors (Lipinski definition) is 5. The Morgan fingerprint density at radius 2 is 0.687 bits per heavy atom. The van der Waals surface area contributed by atoms with Crippen molar-refractivity contribution in [1.29, 1.82) is 0 Å². The topological polar surface area (TPSA) is 95.9 Å². The van der Waals surface area contributed by atoms with Crippen molar-refractivity contribution >= 4 is 11.9 Å². The zero-order valence-corrected chi connectivity index (χ0v) is 45.4. The molecule has 0 radical (unpaired) electrons. The Kier molecular flexibility index (Phi) is 56.0. The standard InChI is InChI=1S/C61H119NO5/c1-3-5-7-9-11-13-15-17-19-21-23-24-25-27-29-33-37-41-45-49-53-59(64)58(57-63)62-60(65)54-50-46-42-38-34-31-32-36-40-44-48-52-56-67-61(66)55-51-47-43-39-35-30-28-26-22-20-18-16-14-12-10-8-6-4-2/h49,53,58-59,63-64H,3-48,50-52,54-57H2,1-2H3,(H,62,65)/b53-49+.